The number of nitrogens with two attached hydrogens (primary N) is 1. The molecule has 5 N–H and O–H groups in total. The van der Waals surface area contributed by atoms with Crippen molar-refractivity contribution in [2.45, 2.75) is 31.1 Å². The molecular formula is C13H16N2O2. The zero-order chi connectivity index (χ0) is 12.0. The van der Waals surface area contributed by atoms with Crippen LogP contribution in [0.1, 0.15) is 17.7 Å². The molecule has 90 valence electrons. The first kappa shape index (κ1) is 10.8. The number of hydrogen-bond acceptors (Lipinski definition) is 3. The van der Waals surface area contributed by atoms with E-state index < -0.39 is 11.8 Å². The third kappa shape index (κ3) is 1.57. The third-order valence-corrected chi connectivity index (χ3v) is 3.76. The van der Waals surface area contributed by atoms with E-state index in [2.05, 4.69) is 4.98 Å². The molecule has 1 aliphatic carbocycles. The van der Waals surface area contributed by atoms with Crippen LogP contribution in [0.3, 0.4) is 0 Å². The van der Waals surface area contributed by atoms with Gasteiger partial charge in [0.1, 0.15) is 0 Å². The second-order valence-electron chi connectivity index (χ2n) is 4.91. The number of aromatic amines is 1. The van der Waals surface area contributed by atoms with Gasteiger partial charge in [-0.2, -0.15) is 0 Å². The van der Waals surface area contributed by atoms with Crippen LogP contribution in [-0.4, -0.2) is 27.0 Å². The lowest BCUT2D eigenvalue weighted by Crippen LogP contribution is -2.54. The monoisotopic (exact) mass is 232 g/mol. The van der Waals surface area contributed by atoms with Crippen LogP contribution < -0.4 is 5.73 Å². The number of rotatable bonds is 1. The fourth-order valence-corrected chi connectivity index (χ4v) is 2.67. The number of fused-ring (bicyclic) bond motifs is 3. The fourth-order valence-electron chi connectivity index (χ4n) is 2.67. The van der Waals surface area contributed by atoms with Crippen molar-refractivity contribution in [3.8, 4) is 0 Å². The number of aliphatic hydroxyl groups excluding tert-OH is 1. The molecule has 17 heavy (non-hydrogen) atoms. The molecule has 2 aromatic rings. The summed E-state index contributed by atoms with van der Waals surface area (Å²) >= 11 is 0. The largest absolute Gasteiger partial charge is 0.367 e. The fraction of sp³-hybridized carbons (Fsp3) is 0.385. The van der Waals surface area contributed by atoms with Gasteiger partial charge in [-0.1, -0.05) is 18.2 Å². The first-order valence-electron chi connectivity index (χ1n) is 5.84. The van der Waals surface area contributed by atoms with Crippen molar-refractivity contribution in [1.82, 2.24) is 4.98 Å². The molecule has 0 radical (unpaired) electrons. The van der Waals surface area contributed by atoms with Crippen LogP contribution in [0.4, 0.5) is 0 Å². The normalized spacial score (nSPS) is 24.2. The number of aliphatic hydroxyl groups is 2. The van der Waals surface area contributed by atoms with Crippen LogP contribution in [0.5, 0.6) is 0 Å². The van der Waals surface area contributed by atoms with E-state index in [9.17, 15) is 10.2 Å². The summed E-state index contributed by atoms with van der Waals surface area (Å²) in [4.78, 5) is 3.37. The summed E-state index contributed by atoms with van der Waals surface area (Å²) in [5.41, 5.74) is 8.53. The molecule has 0 spiro atoms. The number of aryl methyl sites for hydroxylation is 1. The van der Waals surface area contributed by atoms with E-state index in [1.54, 1.807) is 0 Å². The molecule has 0 saturated carbocycles. The molecule has 4 nitrogen and oxygen atoms in total. The molecule has 0 aliphatic heterocycles. The maximum Gasteiger partial charge on any atom is 0.170 e. The Kier molecular flexibility index (Phi) is 2.26. The number of nitrogens with one attached hydrogen (secondary N) is 1. The Bertz CT molecular complexity index is 562. The lowest BCUT2D eigenvalue weighted by Gasteiger charge is -2.34. The zero-order valence-corrected chi connectivity index (χ0v) is 9.48. The summed E-state index contributed by atoms with van der Waals surface area (Å²) in [6, 6.07) is 8.04. The van der Waals surface area contributed by atoms with Gasteiger partial charge in [0.25, 0.3) is 0 Å². The second kappa shape index (κ2) is 3.57. The van der Waals surface area contributed by atoms with E-state index >= 15 is 0 Å². The van der Waals surface area contributed by atoms with Gasteiger partial charge >= 0.3 is 0 Å². The summed E-state index contributed by atoms with van der Waals surface area (Å²) in [6.45, 7) is 0. The molecule has 0 bridgehead atoms. The Morgan fingerprint density at radius 3 is 2.82 bits per heavy atom. The van der Waals surface area contributed by atoms with E-state index in [-0.39, 0.29) is 0 Å². The van der Waals surface area contributed by atoms with Crippen LogP contribution >= 0.6 is 0 Å². The van der Waals surface area contributed by atoms with E-state index in [0.29, 0.717) is 12.8 Å². The van der Waals surface area contributed by atoms with Gasteiger partial charge in [0.2, 0.25) is 0 Å². The smallest absolute Gasteiger partial charge is 0.170 e. The Balaban J connectivity index is 2.12. The van der Waals surface area contributed by atoms with Crippen molar-refractivity contribution >= 4 is 10.9 Å². The number of benzene rings is 1. The first-order valence-corrected chi connectivity index (χ1v) is 5.84. The topological polar surface area (TPSA) is 82.3 Å². The molecule has 1 aromatic carbocycles. The Morgan fingerprint density at radius 2 is 2.06 bits per heavy atom. The number of hydrogen-bond donors (Lipinski definition) is 4. The molecule has 1 aromatic heterocycles. The summed E-state index contributed by atoms with van der Waals surface area (Å²) in [5.74, 6) is 0. The van der Waals surface area contributed by atoms with Gasteiger partial charge < -0.3 is 20.9 Å². The molecule has 0 amide bonds. The summed E-state index contributed by atoms with van der Waals surface area (Å²) in [6.07, 6.45) is 0.386. The molecule has 0 saturated heterocycles. The first-order chi connectivity index (χ1) is 8.10. The number of H-pyrrole nitrogens is 1. The van der Waals surface area contributed by atoms with Gasteiger partial charge in [-0.15, -0.1) is 0 Å². The predicted octanol–water partition coefficient (Wildman–Crippen LogP) is 0.665. The van der Waals surface area contributed by atoms with E-state index in [4.69, 9.17) is 5.73 Å². The van der Waals surface area contributed by atoms with Crippen LogP contribution in [0.25, 0.3) is 10.9 Å². The van der Waals surface area contributed by atoms with Gasteiger partial charge in [0.05, 0.1) is 5.54 Å². The minimum atomic E-state index is -1.47. The molecular weight excluding hydrogens is 216 g/mol. The van der Waals surface area contributed by atoms with E-state index in [1.807, 2.05) is 24.3 Å². The Morgan fingerprint density at radius 1 is 1.29 bits per heavy atom. The molecule has 1 atom stereocenters. The van der Waals surface area contributed by atoms with Crippen LogP contribution in [0, 0.1) is 0 Å². The van der Waals surface area contributed by atoms with Crippen molar-refractivity contribution in [3.05, 3.63) is 35.5 Å². The van der Waals surface area contributed by atoms with Crippen molar-refractivity contribution in [2.24, 2.45) is 5.73 Å². The third-order valence-electron chi connectivity index (χ3n) is 3.76. The summed E-state index contributed by atoms with van der Waals surface area (Å²) in [5, 5.41) is 19.9. The lowest BCUT2D eigenvalue weighted by atomic mass is 9.80. The molecule has 1 aliphatic rings. The Labute approximate surface area is 99.1 Å². The van der Waals surface area contributed by atoms with Gasteiger partial charge in [-0.3, -0.25) is 0 Å². The van der Waals surface area contributed by atoms with E-state index in [1.165, 1.54) is 5.69 Å². The molecule has 1 heterocycles. The van der Waals surface area contributed by atoms with Crippen molar-refractivity contribution < 1.29 is 10.2 Å². The molecule has 1 unspecified atom stereocenters. The standard InChI is InChI=1S/C13H16N2O2/c14-13(12(16)17)6-5-11-9(7-13)8-3-1-2-4-10(8)15-11/h1-4,12,15-17H,5-7,14H2. The van der Waals surface area contributed by atoms with Crippen LogP contribution in [-0.2, 0) is 12.8 Å². The molecule has 0 fully saturated rings. The summed E-state index contributed by atoms with van der Waals surface area (Å²) in [7, 11) is 0. The van der Waals surface area contributed by atoms with Gasteiger partial charge in [0, 0.05) is 16.6 Å². The van der Waals surface area contributed by atoms with Crippen LogP contribution in [0.2, 0.25) is 0 Å². The minimum Gasteiger partial charge on any atom is -0.367 e. The number of aromatic nitrogens is 1. The quantitative estimate of drug-likeness (QED) is 0.545. The van der Waals surface area contributed by atoms with Crippen molar-refractivity contribution in [2.75, 3.05) is 0 Å². The summed E-state index contributed by atoms with van der Waals surface area (Å²) < 4.78 is 0. The van der Waals surface area contributed by atoms with Crippen LogP contribution in [0.15, 0.2) is 24.3 Å². The minimum absolute atomic E-state index is 0.504. The predicted molar refractivity (Wildman–Crippen MR) is 65.5 cm³/mol. The highest BCUT2D eigenvalue weighted by Gasteiger charge is 2.37. The molecule has 4 heteroatoms. The maximum atomic E-state index is 9.39. The van der Waals surface area contributed by atoms with Crippen molar-refractivity contribution in [3.63, 3.8) is 0 Å². The van der Waals surface area contributed by atoms with Gasteiger partial charge in [-0.05, 0) is 30.9 Å². The zero-order valence-electron chi connectivity index (χ0n) is 9.48. The average molecular weight is 232 g/mol. The average Bonchev–Trinajstić information content (AvgIpc) is 2.67. The highest BCUT2D eigenvalue weighted by atomic mass is 16.5. The highest BCUT2D eigenvalue weighted by Crippen LogP contribution is 2.33. The SMILES string of the molecule is NC1(C(O)O)CCc2[nH]c3ccccc3c2C1. The Hall–Kier alpha value is -1.36. The van der Waals surface area contributed by atoms with Gasteiger partial charge in [0.15, 0.2) is 6.29 Å². The maximum absolute atomic E-state index is 9.39. The van der Waals surface area contributed by atoms with Gasteiger partial charge in [-0.25, -0.2) is 0 Å². The second-order valence-corrected chi connectivity index (χ2v) is 4.91. The number of para-hydroxylation sites is 1. The molecule has 3 rings (SSSR count). The highest BCUT2D eigenvalue weighted by molar-refractivity contribution is 5.85. The van der Waals surface area contributed by atoms with Crippen molar-refractivity contribution in [1.29, 1.82) is 0 Å². The lowest BCUT2D eigenvalue weighted by molar-refractivity contribution is -0.1000. The van der Waals surface area contributed by atoms with E-state index in [0.717, 1.165) is 22.9 Å².